The minimum Gasteiger partial charge on any atom is -0.393 e. The molecule has 0 bridgehead atoms. The minimum atomic E-state index is -0.0976. The molecule has 3 N–H and O–H groups in total. The summed E-state index contributed by atoms with van der Waals surface area (Å²) >= 11 is 0. The Bertz CT molecular complexity index is 212. The van der Waals surface area contributed by atoms with Gasteiger partial charge in [0.2, 0.25) is 0 Å². The summed E-state index contributed by atoms with van der Waals surface area (Å²) in [7, 11) is 0. The number of hydrogen-bond donors (Lipinski definition) is 2. The summed E-state index contributed by atoms with van der Waals surface area (Å²) in [4.78, 5) is 0. The number of rotatable bonds is 3. The molecule has 3 heteroatoms. The van der Waals surface area contributed by atoms with E-state index in [0.717, 1.165) is 51.9 Å². The fourth-order valence-corrected chi connectivity index (χ4v) is 3.34. The van der Waals surface area contributed by atoms with Crippen molar-refractivity contribution >= 4 is 0 Å². The van der Waals surface area contributed by atoms with Gasteiger partial charge in [-0.3, -0.25) is 0 Å². The normalized spacial score (nSPS) is 39.8. The maximum atomic E-state index is 9.59. The molecular formula is C12H23NO2. The molecule has 1 saturated heterocycles. The SMILES string of the molecule is CCC1(C2(CN)CCC(O)CC2)COC1. The highest BCUT2D eigenvalue weighted by Gasteiger charge is 2.54. The molecule has 1 aliphatic heterocycles. The maximum absolute atomic E-state index is 9.59. The van der Waals surface area contributed by atoms with Crippen LogP contribution in [-0.2, 0) is 4.74 Å². The molecule has 2 fully saturated rings. The number of ether oxygens (including phenoxy) is 1. The summed E-state index contributed by atoms with van der Waals surface area (Å²) in [6.07, 6.45) is 5.03. The Kier molecular flexibility index (Phi) is 3.06. The van der Waals surface area contributed by atoms with Crippen molar-refractivity contribution in [2.24, 2.45) is 16.6 Å². The van der Waals surface area contributed by atoms with Crippen molar-refractivity contribution < 1.29 is 9.84 Å². The predicted octanol–water partition coefficient (Wildman–Crippen LogP) is 1.29. The van der Waals surface area contributed by atoms with Crippen molar-refractivity contribution in [2.75, 3.05) is 19.8 Å². The van der Waals surface area contributed by atoms with Gasteiger partial charge >= 0.3 is 0 Å². The number of aliphatic hydroxyl groups is 1. The van der Waals surface area contributed by atoms with Crippen LogP contribution in [0, 0.1) is 10.8 Å². The van der Waals surface area contributed by atoms with Gasteiger partial charge < -0.3 is 15.6 Å². The van der Waals surface area contributed by atoms with E-state index in [1.807, 2.05) is 0 Å². The summed E-state index contributed by atoms with van der Waals surface area (Å²) in [5, 5.41) is 9.59. The molecule has 1 saturated carbocycles. The van der Waals surface area contributed by atoms with Crippen LogP contribution in [0.3, 0.4) is 0 Å². The van der Waals surface area contributed by atoms with Crippen LogP contribution < -0.4 is 5.73 Å². The molecule has 0 radical (unpaired) electrons. The molecular weight excluding hydrogens is 190 g/mol. The van der Waals surface area contributed by atoms with Gasteiger partial charge in [-0.05, 0) is 44.1 Å². The van der Waals surface area contributed by atoms with Crippen LogP contribution in [0.15, 0.2) is 0 Å². The zero-order valence-corrected chi connectivity index (χ0v) is 9.67. The molecule has 3 nitrogen and oxygen atoms in total. The first-order valence-corrected chi connectivity index (χ1v) is 6.14. The van der Waals surface area contributed by atoms with Crippen LogP contribution in [0.5, 0.6) is 0 Å². The van der Waals surface area contributed by atoms with Gasteiger partial charge in [0.05, 0.1) is 19.3 Å². The Morgan fingerprint density at radius 3 is 2.20 bits per heavy atom. The fraction of sp³-hybridized carbons (Fsp3) is 1.00. The Hall–Kier alpha value is -0.120. The van der Waals surface area contributed by atoms with E-state index in [1.165, 1.54) is 0 Å². The van der Waals surface area contributed by atoms with E-state index in [2.05, 4.69) is 6.92 Å². The maximum Gasteiger partial charge on any atom is 0.0550 e. The Labute approximate surface area is 92.0 Å². The number of hydrogen-bond acceptors (Lipinski definition) is 3. The molecule has 88 valence electrons. The third-order valence-electron chi connectivity index (χ3n) is 4.86. The molecule has 1 aliphatic carbocycles. The molecule has 0 aromatic carbocycles. The quantitative estimate of drug-likeness (QED) is 0.743. The molecule has 0 aromatic heterocycles. The third kappa shape index (κ3) is 1.61. The van der Waals surface area contributed by atoms with Gasteiger partial charge in [0.25, 0.3) is 0 Å². The van der Waals surface area contributed by atoms with E-state index in [9.17, 15) is 5.11 Å². The predicted molar refractivity (Wildman–Crippen MR) is 59.5 cm³/mol. The molecule has 0 amide bonds. The highest BCUT2D eigenvalue weighted by Crippen LogP contribution is 2.54. The first-order valence-electron chi connectivity index (χ1n) is 6.14. The van der Waals surface area contributed by atoms with Crippen molar-refractivity contribution in [2.45, 2.75) is 45.1 Å². The fourth-order valence-electron chi connectivity index (χ4n) is 3.34. The molecule has 1 heterocycles. The molecule has 2 aliphatic rings. The zero-order chi connectivity index (χ0) is 10.9. The molecule has 0 spiro atoms. The summed E-state index contributed by atoms with van der Waals surface area (Å²) in [6, 6.07) is 0. The van der Waals surface area contributed by atoms with Gasteiger partial charge in [0, 0.05) is 5.41 Å². The summed E-state index contributed by atoms with van der Waals surface area (Å²) in [5.41, 5.74) is 6.56. The van der Waals surface area contributed by atoms with Crippen LogP contribution in [0.2, 0.25) is 0 Å². The molecule has 0 unspecified atom stereocenters. The Morgan fingerprint density at radius 2 is 1.87 bits per heavy atom. The van der Waals surface area contributed by atoms with Gasteiger partial charge in [0.1, 0.15) is 0 Å². The van der Waals surface area contributed by atoms with E-state index in [1.54, 1.807) is 0 Å². The van der Waals surface area contributed by atoms with Crippen LogP contribution in [0.4, 0.5) is 0 Å². The zero-order valence-electron chi connectivity index (χ0n) is 9.67. The highest BCUT2D eigenvalue weighted by molar-refractivity contribution is 5.04. The first-order chi connectivity index (χ1) is 7.18. The lowest BCUT2D eigenvalue weighted by Gasteiger charge is -2.57. The van der Waals surface area contributed by atoms with Crippen molar-refractivity contribution in [3.05, 3.63) is 0 Å². The van der Waals surface area contributed by atoms with Crippen molar-refractivity contribution in [1.82, 2.24) is 0 Å². The minimum absolute atomic E-state index is 0.0976. The average molecular weight is 213 g/mol. The van der Waals surface area contributed by atoms with Crippen LogP contribution in [0.25, 0.3) is 0 Å². The second-order valence-electron chi connectivity index (χ2n) is 5.34. The van der Waals surface area contributed by atoms with E-state index >= 15 is 0 Å². The summed E-state index contributed by atoms with van der Waals surface area (Å²) in [5.74, 6) is 0. The van der Waals surface area contributed by atoms with E-state index in [-0.39, 0.29) is 11.5 Å². The van der Waals surface area contributed by atoms with Gasteiger partial charge in [-0.25, -0.2) is 0 Å². The summed E-state index contributed by atoms with van der Waals surface area (Å²) < 4.78 is 5.42. The Morgan fingerprint density at radius 1 is 1.27 bits per heavy atom. The van der Waals surface area contributed by atoms with E-state index < -0.39 is 0 Å². The third-order valence-corrected chi connectivity index (χ3v) is 4.86. The number of nitrogens with two attached hydrogens (primary N) is 1. The Balaban J connectivity index is 2.14. The van der Waals surface area contributed by atoms with Crippen molar-refractivity contribution in [3.63, 3.8) is 0 Å². The van der Waals surface area contributed by atoms with Gasteiger partial charge in [-0.15, -0.1) is 0 Å². The van der Waals surface area contributed by atoms with Crippen LogP contribution >= 0.6 is 0 Å². The van der Waals surface area contributed by atoms with Gasteiger partial charge in [0.15, 0.2) is 0 Å². The monoisotopic (exact) mass is 213 g/mol. The largest absolute Gasteiger partial charge is 0.393 e. The lowest BCUT2D eigenvalue weighted by atomic mass is 9.54. The standard InChI is InChI=1S/C12H23NO2/c1-2-11(8-15-9-11)12(7-13)5-3-10(14)4-6-12/h10,14H,2-9,13H2,1H3. The average Bonchev–Trinajstić information content (AvgIpc) is 2.20. The van der Waals surface area contributed by atoms with E-state index in [4.69, 9.17) is 10.5 Å². The number of aliphatic hydroxyl groups excluding tert-OH is 1. The van der Waals surface area contributed by atoms with Gasteiger partial charge in [-0.2, -0.15) is 0 Å². The van der Waals surface area contributed by atoms with Crippen molar-refractivity contribution in [1.29, 1.82) is 0 Å². The second-order valence-corrected chi connectivity index (χ2v) is 5.34. The van der Waals surface area contributed by atoms with Crippen molar-refractivity contribution in [3.8, 4) is 0 Å². The lowest BCUT2D eigenvalue weighted by molar-refractivity contribution is -0.199. The molecule has 2 rings (SSSR count). The van der Waals surface area contributed by atoms with Crippen LogP contribution in [-0.4, -0.2) is 31.0 Å². The molecule has 0 aromatic rings. The second kappa shape index (κ2) is 4.04. The molecule has 15 heavy (non-hydrogen) atoms. The van der Waals surface area contributed by atoms with Gasteiger partial charge in [-0.1, -0.05) is 6.92 Å². The topological polar surface area (TPSA) is 55.5 Å². The highest BCUT2D eigenvalue weighted by atomic mass is 16.5. The van der Waals surface area contributed by atoms with Crippen LogP contribution in [0.1, 0.15) is 39.0 Å². The van der Waals surface area contributed by atoms with E-state index in [0.29, 0.717) is 5.41 Å². The summed E-state index contributed by atoms with van der Waals surface area (Å²) in [6.45, 7) is 4.73. The lowest BCUT2D eigenvalue weighted by Crippen LogP contribution is -2.59. The molecule has 0 atom stereocenters. The first kappa shape index (κ1) is 11.4. The smallest absolute Gasteiger partial charge is 0.0550 e.